The van der Waals surface area contributed by atoms with Crippen LogP contribution in [0.2, 0.25) is 5.02 Å². The molecular weight excluding hydrogens is 432 g/mol. The molecule has 1 atom stereocenters. The number of fused-ring (bicyclic) bond motifs is 3. The zero-order valence-corrected chi connectivity index (χ0v) is 18.0. The fourth-order valence-electron chi connectivity index (χ4n) is 3.94. The molecule has 1 aliphatic heterocycles. The zero-order valence-electron chi connectivity index (χ0n) is 15.6. The van der Waals surface area contributed by atoms with Crippen molar-refractivity contribution in [1.29, 1.82) is 0 Å². The van der Waals surface area contributed by atoms with E-state index < -0.39 is 15.8 Å². The molecule has 1 aromatic carbocycles. The number of aromatic nitrogens is 2. The van der Waals surface area contributed by atoms with E-state index in [1.54, 1.807) is 18.3 Å². The van der Waals surface area contributed by atoms with Gasteiger partial charge in [-0.15, -0.1) is 0 Å². The van der Waals surface area contributed by atoms with Crippen molar-refractivity contribution < 1.29 is 18.3 Å². The molecule has 29 heavy (non-hydrogen) atoms. The Labute approximate surface area is 177 Å². The average Bonchev–Trinajstić information content (AvgIpc) is 2.97. The lowest BCUT2D eigenvalue weighted by Crippen LogP contribution is -2.18. The molecule has 4 rings (SSSR count). The van der Waals surface area contributed by atoms with Gasteiger partial charge in [-0.2, -0.15) is 0 Å². The second-order valence-electron chi connectivity index (χ2n) is 7.16. The number of hydrogen-bond donors (Lipinski definition) is 1. The van der Waals surface area contributed by atoms with Crippen molar-refractivity contribution in [3.63, 3.8) is 0 Å². The lowest BCUT2D eigenvalue weighted by atomic mass is 9.93. The summed E-state index contributed by atoms with van der Waals surface area (Å²) in [7, 11) is -3.52. The molecule has 152 valence electrons. The number of aryl methyl sites for hydroxylation is 1. The van der Waals surface area contributed by atoms with Crippen LogP contribution in [-0.2, 0) is 21.2 Å². The molecule has 3 heterocycles. The smallest absolute Gasteiger partial charge is 0.304 e. The lowest BCUT2D eigenvalue weighted by Gasteiger charge is -2.25. The molecule has 0 saturated carbocycles. The number of sulfone groups is 1. The quantitative estimate of drug-likeness (QED) is 0.611. The van der Waals surface area contributed by atoms with Gasteiger partial charge in [0.15, 0.2) is 9.84 Å². The van der Waals surface area contributed by atoms with E-state index in [0.717, 1.165) is 33.8 Å². The Bertz CT molecular complexity index is 1200. The van der Waals surface area contributed by atoms with Crippen LogP contribution in [0.4, 0.5) is 0 Å². The molecule has 0 spiro atoms. The van der Waals surface area contributed by atoms with Crippen molar-refractivity contribution in [2.75, 3.05) is 6.26 Å². The van der Waals surface area contributed by atoms with Gasteiger partial charge in [0.2, 0.25) is 0 Å². The number of hydrogen-bond acceptors (Lipinski definition) is 5. The Balaban J connectivity index is 2.01. The predicted molar refractivity (Wildman–Crippen MR) is 113 cm³/mol. The van der Waals surface area contributed by atoms with Gasteiger partial charge in [0.1, 0.15) is 0 Å². The average molecular weight is 451 g/mol. The summed E-state index contributed by atoms with van der Waals surface area (Å²) in [6.45, 7) is 0.706. The highest BCUT2D eigenvalue weighted by atomic mass is 35.5. The molecule has 0 saturated heterocycles. The third-order valence-electron chi connectivity index (χ3n) is 5.11. The van der Waals surface area contributed by atoms with Crippen molar-refractivity contribution in [1.82, 2.24) is 9.55 Å². The van der Waals surface area contributed by atoms with Crippen molar-refractivity contribution in [2.24, 2.45) is 0 Å². The van der Waals surface area contributed by atoms with E-state index in [1.807, 2.05) is 16.7 Å². The number of aliphatic carboxylic acids is 1. The summed E-state index contributed by atoms with van der Waals surface area (Å²) in [6.07, 6.45) is 5.81. The topological polar surface area (TPSA) is 89.3 Å². The zero-order chi connectivity index (χ0) is 20.8. The van der Waals surface area contributed by atoms with E-state index in [2.05, 4.69) is 4.98 Å². The summed E-state index contributed by atoms with van der Waals surface area (Å²) >= 11 is 7.45. The normalized spacial score (nSPS) is 16.7. The van der Waals surface area contributed by atoms with Crippen LogP contribution < -0.4 is 0 Å². The molecule has 1 N–H and O–H groups in total. The summed E-state index contributed by atoms with van der Waals surface area (Å²) in [4.78, 5) is 17.5. The van der Waals surface area contributed by atoms with Gasteiger partial charge in [0, 0.05) is 50.8 Å². The first-order chi connectivity index (χ1) is 13.8. The van der Waals surface area contributed by atoms with Gasteiger partial charge in [0.05, 0.1) is 23.0 Å². The largest absolute Gasteiger partial charge is 0.481 e. The number of rotatable bonds is 5. The molecule has 3 aromatic rings. The first-order valence-corrected chi connectivity index (χ1v) is 12.2. The third-order valence-corrected chi connectivity index (χ3v) is 7.59. The number of carboxylic acids is 1. The molecule has 0 aliphatic carbocycles. The van der Waals surface area contributed by atoms with E-state index in [4.69, 9.17) is 11.6 Å². The van der Waals surface area contributed by atoms with Crippen molar-refractivity contribution in [2.45, 2.75) is 46.4 Å². The molecule has 0 radical (unpaired) electrons. The van der Waals surface area contributed by atoms with E-state index in [1.165, 1.54) is 24.2 Å². The van der Waals surface area contributed by atoms with Gasteiger partial charge >= 0.3 is 5.97 Å². The van der Waals surface area contributed by atoms with Crippen LogP contribution in [0.3, 0.4) is 0 Å². The minimum Gasteiger partial charge on any atom is -0.481 e. The molecule has 0 amide bonds. The summed E-state index contributed by atoms with van der Waals surface area (Å²) < 4.78 is 27.0. The fraction of sp³-hybridized carbons (Fsp3) is 0.300. The summed E-state index contributed by atoms with van der Waals surface area (Å²) in [5.41, 5.74) is 1.61. The molecule has 6 nitrogen and oxygen atoms in total. The SMILES string of the molecule is CS(=O)(=O)c1cncc2c1c(Sc1ccc(Cl)cc1)c1n2CCCC1CC(=O)O. The molecule has 0 bridgehead atoms. The van der Waals surface area contributed by atoms with Gasteiger partial charge in [-0.05, 0) is 37.1 Å². The minimum absolute atomic E-state index is 0.00609. The van der Waals surface area contributed by atoms with Crippen LogP contribution in [0.15, 0.2) is 51.3 Å². The highest BCUT2D eigenvalue weighted by Gasteiger charge is 2.32. The standard InChI is InChI=1S/C20H19ClN2O4S2/c1-29(26,27)16-11-22-10-15-18(16)20(28-14-6-4-13(21)5-7-14)19-12(9-17(24)25)3-2-8-23(15)19/h4-7,10-12H,2-3,8-9H2,1H3,(H,24,25). The Morgan fingerprint density at radius 3 is 2.69 bits per heavy atom. The Kier molecular flexibility index (Phi) is 5.35. The number of benzene rings is 1. The maximum Gasteiger partial charge on any atom is 0.304 e. The van der Waals surface area contributed by atoms with Crippen molar-refractivity contribution in [3.05, 3.63) is 47.4 Å². The number of nitrogens with zero attached hydrogens (tertiary/aromatic N) is 2. The first-order valence-electron chi connectivity index (χ1n) is 9.11. The van der Waals surface area contributed by atoms with E-state index in [0.29, 0.717) is 17.0 Å². The maximum absolute atomic E-state index is 12.5. The molecule has 2 aromatic heterocycles. The summed E-state index contributed by atoms with van der Waals surface area (Å²) in [5, 5.41) is 10.7. The van der Waals surface area contributed by atoms with E-state index in [-0.39, 0.29) is 17.2 Å². The van der Waals surface area contributed by atoms with E-state index >= 15 is 0 Å². The Morgan fingerprint density at radius 2 is 2.03 bits per heavy atom. The summed E-state index contributed by atoms with van der Waals surface area (Å²) in [6, 6.07) is 7.31. The number of carbonyl (C=O) groups is 1. The van der Waals surface area contributed by atoms with Crippen LogP contribution in [0.25, 0.3) is 10.9 Å². The van der Waals surface area contributed by atoms with Crippen LogP contribution in [0, 0.1) is 0 Å². The minimum atomic E-state index is -3.52. The monoisotopic (exact) mass is 450 g/mol. The predicted octanol–water partition coefficient (Wildman–Crippen LogP) is 4.60. The summed E-state index contributed by atoms with van der Waals surface area (Å²) in [5.74, 6) is -1.05. The number of halogens is 1. The maximum atomic E-state index is 12.5. The third kappa shape index (κ3) is 3.89. The second kappa shape index (κ2) is 7.66. The Hall–Kier alpha value is -2.03. The molecular formula is C20H19ClN2O4S2. The van der Waals surface area contributed by atoms with Crippen LogP contribution in [-0.4, -0.2) is 35.3 Å². The van der Waals surface area contributed by atoms with Crippen LogP contribution in [0.1, 0.15) is 30.9 Å². The van der Waals surface area contributed by atoms with Gasteiger partial charge in [-0.1, -0.05) is 23.4 Å². The second-order valence-corrected chi connectivity index (χ2v) is 10.7. The van der Waals surface area contributed by atoms with Crippen molar-refractivity contribution in [3.8, 4) is 0 Å². The first kappa shape index (κ1) is 20.3. The number of pyridine rings is 1. The Morgan fingerprint density at radius 1 is 1.31 bits per heavy atom. The van der Waals surface area contributed by atoms with Gasteiger partial charge in [-0.25, -0.2) is 8.42 Å². The molecule has 1 unspecified atom stereocenters. The van der Waals surface area contributed by atoms with E-state index in [9.17, 15) is 18.3 Å². The van der Waals surface area contributed by atoms with Crippen LogP contribution in [0.5, 0.6) is 0 Å². The highest BCUT2D eigenvalue weighted by Crippen LogP contribution is 2.47. The lowest BCUT2D eigenvalue weighted by molar-refractivity contribution is -0.137. The fourth-order valence-corrected chi connectivity index (χ4v) is 6.16. The van der Waals surface area contributed by atoms with Gasteiger partial charge in [-0.3, -0.25) is 9.78 Å². The highest BCUT2D eigenvalue weighted by molar-refractivity contribution is 7.99. The van der Waals surface area contributed by atoms with Gasteiger partial charge in [0.25, 0.3) is 0 Å². The molecule has 1 aliphatic rings. The van der Waals surface area contributed by atoms with Gasteiger partial charge < -0.3 is 9.67 Å². The van der Waals surface area contributed by atoms with Crippen molar-refractivity contribution >= 4 is 50.1 Å². The number of carboxylic acid groups (broad SMARTS) is 1. The molecule has 9 heteroatoms. The molecule has 0 fully saturated rings. The van der Waals surface area contributed by atoms with Crippen LogP contribution >= 0.6 is 23.4 Å².